The van der Waals surface area contributed by atoms with Gasteiger partial charge in [0.1, 0.15) is 0 Å². The first kappa shape index (κ1) is 19.4. The van der Waals surface area contributed by atoms with Crippen molar-refractivity contribution >= 4 is 20.7 Å². The summed E-state index contributed by atoms with van der Waals surface area (Å²) in [5, 5.41) is 6.70. The standard InChI is InChI=1S/C14H29N2O3P.ClH/c17-20(18-11-5-13-1-7-15-8-2-13)19-12-6-14-3-9-16-10-4-14;/h13-16,20H,1-12H2;1H. The molecule has 0 aromatic heterocycles. The average Bonchev–Trinajstić information content (AvgIpc) is 2.49. The summed E-state index contributed by atoms with van der Waals surface area (Å²) in [6, 6.07) is 0. The van der Waals surface area contributed by atoms with E-state index in [1.807, 2.05) is 0 Å². The van der Waals surface area contributed by atoms with Gasteiger partial charge < -0.3 is 19.7 Å². The van der Waals surface area contributed by atoms with Crippen molar-refractivity contribution in [3.8, 4) is 0 Å². The Morgan fingerprint density at radius 1 is 0.810 bits per heavy atom. The Kier molecular flexibility index (Phi) is 11.0. The monoisotopic (exact) mass is 340 g/mol. The molecule has 2 fully saturated rings. The van der Waals surface area contributed by atoms with Crippen molar-refractivity contribution < 1.29 is 13.6 Å². The van der Waals surface area contributed by atoms with Crippen LogP contribution in [0.4, 0.5) is 0 Å². The van der Waals surface area contributed by atoms with Crippen LogP contribution in [0, 0.1) is 11.8 Å². The predicted octanol–water partition coefficient (Wildman–Crippen LogP) is 2.61. The lowest BCUT2D eigenvalue weighted by Gasteiger charge is -2.22. The van der Waals surface area contributed by atoms with Crippen LogP contribution in [0.1, 0.15) is 38.5 Å². The van der Waals surface area contributed by atoms with Crippen molar-refractivity contribution in [3.63, 3.8) is 0 Å². The van der Waals surface area contributed by atoms with Crippen molar-refractivity contribution in [1.82, 2.24) is 10.6 Å². The Morgan fingerprint density at radius 2 is 1.19 bits per heavy atom. The molecule has 0 saturated carbocycles. The Labute approximate surface area is 135 Å². The van der Waals surface area contributed by atoms with Gasteiger partial charge in [-0.1, -0.05) is 0 Å². The van der Waals surface area contributed by atoms with Crippen molar-refractivity contribution in [1.29, 1.82) is 0 Å². The zero-order valence-corrected chi connectivity index (χ0v) is 14.6. The SMILES string of the molecule is Cl.O=[PH](OCCC1CCNCC1)OCCC1CCNCC1. The van der Waals surface area contributed by atoms with Gasteiger partial charge in [-0.25, -0.2) is 0 Å². The number of nitrogens with one attached hydrogen (secondary N) is 2. The van der Waals surface area contributed by atoms with E-state index < -0.39 is 8.25 Å². The van der Waals surface area contributed by atoms with E-state index in [-0.39, 0.29) is 12.4 Å². The van der Waals surface area contributed by atoms with Crippen molar-refractivity contribution in [3.05, 3.63) is 0 Å². The molecular weight excluding hydrogens is 311 g/mol. The first-order valence-corrected chi connectivity index (χ1v) is 9.28. The fourth-order valence-electron chi connectivity index (χ4n) is 3.00. The molecule has 2 aliphatic rings. The topological polar surface area (TPSA) is 59.6 Å². The van der Waals surface area contributed by atoms with Gasteiger partial charge in [0.15, 0.2) is 0 Å². The lowest BCUT2D eigenvalue weighted by atomic mass is 9.95. The van der Waals surface area contributed by atoms with Crippen LogP contribution in [0.5, 0.6) is 0 Å². The molecule has 2 rings (SSSR count). The highest BCUT2D eigenvalue weighted by molar-refractivity contribution is 7.33. The first-order chi connectivity index (χ1) is 9.84. The smallest absolute Gasteiger partial charge is 0.317 e. The van der Waals surface area contributed by atoms with Gasteiger partial charge in [-0.15, -0.1) is 12.4 Å². The minimum absolute atomic E-state index is 0. The summed E-state index contributed by atoms with van der Waals surface area (Å²) in [5.41, 5.74) is 0. The molecule has 2 heterocycles. The van der Waals surface area contributed by atoms with Crippen LogP contribution in [-0.4, -0.2) is 39.4 Å². The molecule has 7 heteroatoms. The van der Waals surface area contributed by atoms with Crippen LogP contribution < -0.4 is 10.6 Å². The Bertz CT molecular complexity index is 259. The Hall–Kier alpha value is 0.360. The largest absolute Gasteiger partial charge is 0.319 e. The van der Waals surface area contributed by atoms with Gasteiger partial charge in [-0.05, 0) is 76.5 Å². The molecule has 2 saturated heterocycles. The molecule has 0 unspecified atom stereocenters. The third-order valence-electron chi connectivity index (χ3n) is 4.41. The van der Waals surface area contributed by atoms with E-state index >= 15 is 0 Å². The van der Waals surface area contributed by atoms with Crippen LogP contribution in [0.2, 0.25) is 0 Å². The summed E-state index contributed by atoms with van der Waals surface area (Å²) < 4.78 is 22.3. The van der Waals surface area contributed by atoms with E-state index in [2.05, 4.69) is 10.6 Å². The average molecular weight is 341 g/mol. The van der Waals surface area contributed by atoms with Crippen molar-refractivity contribution in [2.75, 3.05) is 39.4 Å². The maximum atomic E-state index is 11.6. The van der Waals surface area contributed by atoms with Crippen molar-refractivity contribution in [2.45, 2.75) is 38.5 Å². The third-order valence-corrected chi connectivity index (χ3v) is 5.29. The zero-order chi connectivity index (χ0) is 14.0. The summed E-state index contributed by atoms with van der Waals surface area (Å²) >= 11 is 0. The fraction of sp³-hybridized carbons (Fsp3) is 1.00. The predicted molar refractivity (Wildman–Crippen MR) is 88.6 cm³/mol. The molecule has 0 amide bonds. The fourth-order valence-corrected chi connectivity index (χ4v) is 3.65. The van der Waals surface area contributed by atoms with Gasteiger partial charge in [0, 0.05) is 0 Å². The van der Waals surface area contributed by atoms with E-state index in [1.54, 1.807) is 0 Å². The van der Waals surface area contributed by atoms with Crippen LogP contribution in [-0.2, 0) is 13.6 Å². The van der Waals surface area contributed by atoms with Crippen LogP contribution in [0.3, 0.4) is 0 Å². The molecule has 2 aliphatic heterocycles. The molecule has 126 valence electrons. The minimum Gasteiger partial charge on any atom is -0.317 e. The summed E-state index contributed by atoms with van der Waals surface area (Å²) in [4.78, 5) is 0. The number of piperidine rings is 2. The lowest BCUT2D eigenvalue weighted by Crippen LogP contribution is -2.28. The maximum Gasteiger partial charge on any atom is 0.319 e. The second-order valence-corrected chi connectivity index (χ2v) is 6.99. The van der Waals surface area contributed by atoms with E-state index in [9.17, 15) is 4.57 Å². The molecule has 0 aliphatic carbocycles. The summed E-state index contributed by atoms with van der Waals surface area (Å²) in [7, 11) is -2.27. The van der Waals surface area contributed by atoms with Gasteiger partial charge in [0.2, 0.25) is 0 Å². The van der Waals surface area contributed by atoms with Gasteiger partial charge in [0.05, 0.1) is 13.2 Å². The quantitative estimate of drug-likeness (QED) is 0.665. The van der Waals surface area contributed by atoms with Gasteiger partial charge in [0.25, 0.3) is 0 Å². The molecule has 0 bridgehead atoms. The molecule has 2 N–H and O–H groups in total. The molecule has 5 nitrogen and oxygen atoms in total. The normalized spacial score (nSPS) is 21.4. The molecule has 0 atom stereocenters. The van der Waals surface area contributed by atoms with Crippen LogP contribution in [0.15, 0.2) is 0 Å². The van der Waals surface area contributed by atoms with Gasteiger partial charge >= 0.3 is 8.25 Å². The second kappa shape index (κ2) is 11.9. The van der Waals surface area contributed by atoms with Crippen molar-refractivity contribution in [2.24, 2.45) is 11.8 Å². The molecule has 0 radical (unpaired) electrons. The molecule has 0 spiro atoms. The van der Waals surface area contributed by atoms with Crippen LogP contribution >= 0.6 is 20.7 Å². The Morgan fingerprint density at radius 3 is 1.57 bits per heavy atom. The molecule has 21 heavy (non-hydrogen) atoms. The summed E-state index contributed by atoms with van der Waals surface area (Å²) in [6.07, 6.45) is 6.86. The van der Waals surface area contributed by atoms with E-state index in [0.29, 0.717) is 13.2 Å². The number of halogens is 1. The highest BCUT2D eigenvalue weighted by atomic mass is 35.5. The van der Waals surface area contributed by atoms with E-state index in [1.165, 1.54) is 25.7 Å². The first-order valence-electron chi connectivity index (χ1n) is 8.05. The zero-order valence-electron chi connectivity index (χ0n) is 12.8. The summed E-state index contributed by atoms with van der Waals surface area (Å²) in [6.45, 7) is 5.57. The number of hydrogen-bond donors (Lipinski definition) is 2. The van der Waals surface area contributed by atoms with E-state index in [0.717, 1.165) is 50.9 Å². The maximum absolute atomic E-state index is 11.6. The molecule has 0 aromatic carbocycles. The summed E-state index contributed by atoms with van der Waals surface area (Å²) in [5.74, 6) is 1.45. The molecular formula is C14H30ClN2O3P. The van der Waals surface area contributed by atoms with Crippen LogP contribution in [0.25, 0.3) is 0 Å². The Balaban J connectivity index is 0.00000220. The molecule has 0 aromatic rings. The number of hydrogen-bond acceptors (Lipinski definition) is 5. The number of rotatable bonds is 8. The highest BCUT2D eigenvalue weighted by Gasteiger charge is 2.14. The lowest BCUT2D eigenvalue weighted by molar-refractivity contribution is 0.190. The van der Waals surface area contributed by atoms with Gasteiger partial charge in [-0.3, -0.25) is 4.57 Å². The third kappa shape index (κ3) is 8.53. The van der Waals surface area contributed by atoms with E-state index in [4.69, 9.17) is 9.05 Å². The second-order valence-electron chi connectivity index (χ2n) is 5.91. The highest BCUT2D eigenvalue weighted by Crippen LogP contribution is 2.27. The van der Waals surface area contributed by atoms with Gasteiger partial charge in [-0.2, -0.15) is 0 Å². The minimum atomic E-state index is -2.27.